The summed E-state index contributed by atoms with van der Waals surface area (Å²) in [5, 5.41) is 30.4. The van der Waals surface area contributed by atoms with Crippen molar-refractivity contribution in [3.8, 4) is 56.7 Å². The van der Waals surface area contributed by atoms with Crippen molar-refractivity contribution in [1.82, 2.24) is 39.7 Å². The molecule has 4 aliphatic carbocycles. The Morgan fingerprint density at radius 2 is 1.07 bits per heavy atom. The van der Waals surface area contributed by atoms with Gasteiger partial charge in [-0.25, -0.2) is 29.5 Å². The van der Waals surface area contributed by atoms with Crippen molar-refractivity contribution in [2.24, 2.45) is 0 Å². The minimum atomic E-state index is -1.20. The number of fused-ring (bicyclic) bond motifs is 10. The molecular weight excluding hydrogens is 1190 g/mol. The number of carbonyl (C=O) groups excluding carboxylic acids is 2. The van der Waals surface area contributed by atoms with E-state index in [1.165, 1.54) is 13.0 Å². The van der Waals surface area contributed by atoms with Crippen LogP contribution in [-0.4, -0.2) is 76.8 Å². The summed E-state index contributed by atoms with van der Waals surface area (Å²) in [5.74, 6) is 3.31. The molecule has 4 aromatic carbocycles. The number of para-hydroxylation sites is 2. The van der Waals surface area contributed by atoms with E-state index in [2.05, 4.69) is 136 Å². The number of nitrogens with one attached hydrogen (secondary N) is 4. The first-order valence-corrected chi connectivity index (χ1v) is 31.1. The molecule has 4 aromatic heterocycles. The smallest absolute Gasteiger partial charge is 0.444 e. The van der Waals surface area contributed by atoms with Gasteiger partial charge in [0.15, 0.2) is 11.6 Å². The van der Waals surface area contributed by atoms with Crippen molar-refractivity contribution >= 4 is 63.8 Å². The lowest BCUT2D eigenvalue weighted by Crippen LogP contribution is -2.52. The largest absolute Gasteiger partial charge is 0.483 e. The lowest BCUT2D eigenvalue weighted by atomic mass is 9.71. The number of benzene rings is 4. The van der Waals surface area contributed by atoms with Crippen LogP contribution in [0.3, 0.4) is 0 Å². The number of aromatic nitrogens is 6. The van der Waals surface area contributed by atoms with Crippen LogP contribution in [0.4, 0.5) is 37.0 Å². The fourth-order valence-electron chi connectivity index (χ4n) is 12.3. The Morgan fingerprint density at radius 3 is 1.48 bits per heavy atom. The van der Waals surface area contributed by atoms with Crippen LogP contribution in [0.1, 0.15) is 144 Å². The molecule has 6 aliphatic rings. The van der Waals surface area contributed by atoms with Gasteiger partial charge in [0, 0.05) is 36.0 Å². The number of imidazole rings is 2. The van der Waals surface area contributed by atoms with Crippen molar-refractivity contribution in [3.05, 3.63) is 173 Å². The highest BCUT2D eigenvalue weighted by Crippen LogP contribution is 2.48. The number of alkyl halides is 1. The summed E-state index contributed by atoms with van der Waals surface area (Å²) in [6.45, 7) is 11.3. The molecule has 462 valence electrons. The topological polar surface area (TPSA) is 203 Å². The molecule has 0 radical (unpaired) electrons. The van der Waals surface area contributed by atoms with Crippen LogP contribution in [0, 0.1) is 0 Å². The van der Waals surface area contributed by atoms with Gasteiger partial charge < -0.3 is 40.8 Å². The number of anilines is 4. The van der Waals surface area contributed by atoms with Crippen LogP contribution in [0.2, 0.25) is 0 Å². The second kappa shape index (κ2) is 26.4. The van der Waals surface area contributed by atoms with Crippen molar-refractivity contribution < 1.29 is 34.9 Å². The van der Waals surface area contributed by atoms with E-state index in [0.29, 0.717) is 7.18 Å². The highest BCUT2D eigenvalue weighted by atomic mass is 79.9. The Bertz CT molecular complexity index is 3940. The summed E-state index contributed by atoms with van der Waals surface area (Å²) in [6.07, 6.45) is 19.0. The van der Waals surface area contributed by atoms with Crippen LogP contribution in [0.15, 0.2) is 156 Å². The Labute approximate surface area is 531 Å². The average molecular weight is 1270 g/mol. The average Bonchev–Trinajstić information content (AvgIpc) is 1.56. The molecule has 6 heterocycles. The van der Waals surface area contributed by atoms with Crippen molar-refractivity contribution in [2.75, 3.05) is 17.8 Å². The number of carbonyl (C=O) groups is 2. The van der Waals surface area contributed by atoms with E-state index in [1.54, 1.807) is 6.20 Å². The Kier molecular flexibility index (Phi) is 18.4. The Hall–Kier alpha value is -8.39. The maximum absolute atomic E-state index is 12.7. The zero-order chi connectivity index (χ0) is 64.0. The number of hydrogen-bond acceptors (Lipinski definition) is 12. The van der Waals surface area contributed by atoms with Gasteiger partial charge in [0.2, 0.25) is 0 Å². The third-order valence-electron chi connectivity index (χ3n) is 16.7. The summed E-state index contributed by atoms with van der Waals surface area (Å²) in [5.41, 5.74) is 13.4. The Morgan fingerprint density at radius 1 is 0.618 bits per heavy atom. The molecule has 0 spiro atoms. The minimum absolute atomic E-state index is 0.367. The predicted octanol–water partition coefficient (Wildman–Crippen LogP) is 16.8. The Balaban J connectivity index is 0.000000168. The molecule has 0 unspecified atom stereocenters. The molecule has 2 aliphatic heterocycles. The number of amides is 2. The second-order valence-corrected chi connectivity index (χ2v) is 25.7. The van der Waals surface area contributed by atoms with Gasteiger partial charge >= 0.3 is 19.3 Å². The summed E-state index contributed by atoms with van der Waals surface area (Å²) >= 11 is 3.74. The van der Waals surface area contributed by atoms with Gasteiger partial charge in [0.05, 0.1) is 58.1 Å². The van der Waals surface area contributed by atoms with E-state index in [1.807, 2.05) is 96.3 Å². The highest BCUT2D eigenvalue weighted by molar-refractivity contribution is 9.10. The fourth-order valence-corrected chi connectivity index (χ4v) is 12.9. The van der Waals surface area contributed by atoms with Gasteiger partial charge in [-0.2, -0.15) is 0 Å². The monoisotopic (exact) mass is 1270 g/mol. The number of nitrogens with zero attached hydrogens (tertiary/aromatic N) is 6. The normalized spacial score (nSPS) is 15.8. The van der Waals surface area contributed by atoms with Gasteiger partial charge in [0.1, 0.15) is 27.5 Å². The molecule has 2 fully saturated rings. The second-order valence-electron chi connectivity index (χ2n) is 24.9. The van der Waals surface area contributed by atoms with Crippen molar-refractivity contribution in [1.29, 1.82) is 0 Å². The van der Waals surface area contributed by atoms with E-state index in [9.17, 15) is 14.0 Å². The number of halogens is 2. The maximum Gasteiger partial charge on any atom is 0.483 e. The number of hydrogen-bond donors (Lipinski definition) is 6. The maximum atomic E-state index is 12.7. The number of ether oxygens (including phenoxy) is 2. The zero-order valence-corrected chi connectivity index (χ0v) is 53.5. The minimum Gasteiger partial charge on any atom is -0.444 e. The zero-order valence-electron chi connectivity index (χ0n) is 52.9. The lowest BCUT2D eigenvalue weighted by Gasteiger charge is -2.43. The molecule has 14 rings (SSSR count). The number of pyridine rings is 2. The molecule has 0 atom stereocenters. The standard InChI is InChI=1S/C34H35N5O2.C29H28BrN5O2.C5H9BO2.CH3F.CH4/c1-33(2,3)41-32(40)38-34(19-9-20-34)24-17-15-23(16-18-24)29-28(22-10-4-5-11-22)37-31-25-12-6-7-13-26(25)36-30-27(39(29)31)14-8-21-35-30;1-28(2,3)37-27(36)34-29(15-7-16-29)19-13-11-18(12-14-19)23-24(30)33-26-20-8-4-5-9-21(20)32-25-22(35(23)26)10-6-17-31-25;7-6(8)5-3-1-2-4-5;1-2;/h6-8,10,12-18,21H,4-5,9,11,19-20H2,1-3H3,(H,35,36)(H,38,40);4-6,8-14,17H,7,15-16H2,1-3H3,(H,31,32)(H,34,36);3,7-8H,1-2,4H2;1H3;1H4/i;;;;1D. The third kappa shape index (κ3) is 13.3. The van der Waals surface area contributed by atoms with E-state index >= 15 is 0 Å². The molecule has 2 saturated carbocycles. The molecule has 0 saturated heterocycles. The molecule has 6 N–H and O–H groups in total. The first kappa shape index (κ1) is 62.2. The number of allylic oxidation sites excluding steroid dienone is 4. The van der Waals surface area contributed by atoms with Gasteiger partial charge in [-0.05, 0) is 205 Å². The van der Waals surface area contributed by atoms with Crippen LogP contribution in [0.25, 0.3) is 62.2 Å². The summed E-state index contributed by atoms with van der Waals surface area (Å²) in [7, 11) is 0.553. The molecule has 19 heteroatoms. The number of alkyl carbamates (subject to hydrolysis) is 2. The first-order chi connectivity index (χ1) is 43.4. The van der Waals surface area contributed by atoms with E-state index in [0.717, 1.165) is 184 Å². The quantitative estimate of drug-likeness (QED) is 0.0787. The SMILES string of the molecule is CC(C)(C)OC(=O)NC1(c2ccc(-c3c(Br)nc4n3-c3cccnc3Nc3ccccc3-4)cc2)CCC1.CC(C)(C)OC(=O)NC1(c2ccc(-c3c(C4=CCCC4)nc4n3-c3cccnc3Nc3ccccc3-4)cc2)CCC1.CF.OB(O)C1=CCCC1.[2H]C. The summed E-state index contributed by atoms with van der Waals surface area (Å²) in [6, 6.07) is 41.5. The lowest BCUT2D eigenvalue weighted by molar-refractivity contribution is 0.0365. The van der Waals surface area contributed by atoms with E-state index < -0.39 is 29.4 Å². The summed E-state index contributed by atoms with van der Waals surface area (Å²) < 4.78 is 31.6. The molecule has 0 bridgehead atoms. The molecule has 89 heavy (non-hydrogen) atoms. The van der Waals surface area contributed by atoms with Gasteiger partial charge in [0.25, 0.3) is 0 Å². The van der Waals surface area contributed by atoms with Gasteiger partial charge in [-0.1, -0.05) is 92.4 Å². The van der Waals surface area contributed by atoms with E-state index in [-0.39, 0.29) is 12.2 Å². The fraction of sp³-hybridized carbons (Fsp3) is 0.343. The molecule has 2 amide bonds. The number of rotatable bonds is 8. The van der Waals surface area contributed by atoms with Gasteiger partial charge in [-0.3, -0.25) is 13.5 Å². The summed E-state index contributed by atoms with van der Waals surface area (Å²) in [4.78, 5) is 44.9. The molecule has 8 aromatic rings. The molecular formula is C70H79BBrFN10O6. The third-order valence-corrected chi connectivity index (χ3v) is 17.2. The van der Waals surface area contributed by atoms with Crippen LogP contribution in [0.5, 0.6) is 0 Å². The highest BCUT2D eigenvalue weighted by Gasteiger charge is 2.43. The van der Waals surface area contributed by atoms with Gasteiger partial charge in [-0.15, -0.1) is 0 Å². The van der Waals surface area contributed by atoms with Crippen LogP contribution in [-0.2, 0) is 20.6 Å². The van der Waals surface area contributed by atoms with Crippen molar-refractivity contribution in [2.45, 2.75) is 148 Å². The van der Waals surface area contributed by atoms with Crippen molar-refractivity contribution in [3.63, 3.8) is 0 Å². The van der Waals surface area contributed by atoms with E-state index in [4.69, 9.17) is 35.8 Å². The van der Waals surface area contributed by atoms with Crippen LogP contribution < -0.4 is 21.3 Å². The predicted molar refractivity (Wildman–Crippen MR) is 356 cm³/mol. The van der Waals surface area contributed by atoms with Crippen LogP contribution >= 0.6 is 15.9 Å². The first-order valence-electron chi connectivity index (χ1n) is 31.3. The molecule has 16 nitrogen and oxygen atoms in total.